The zero-order valence-corrected chi connectivity index (χ0v) is 16.5. The first kappa shape index (κ1) is 18.7. The summed E-state index contributed by atoms with van der Waals surface area (Å²) in [4.78, 5) is 17.0. The maximum atomic E-state index is 12.5. The molecule has 3 aromatic rings. The molecule has 4 rings (SSSR count). The summed E-state index contributed by atoms with van der Waals surface area (Å²) in [6.45, 7) is 3.91. The molecule has 1 aromatic heterocycles. The van der Waals surface area contributed by atoms with Crippen LogP contribution in [0.4, 0.5) is 5.13 Å². The van der Waals surface area contributed by atoms with Gasteiger partial charge in [0.15, 0.2) is 5.13 Å². The van der Waals surface area contributed by atoms with Crippen LogP contribution in [0.15, 0.2) is 42.5 Å². The van der Waals surface area contributed by atoms with E-state index in [4.69, 9.17) is 14.2 Å². The summed E-state index contributed by atoms with van der Waals surface area (Å²) < 4.78 is 17.8. The number of thiazole rings is 1. The molecule has 7 heteroatoms. The first-order valence-electron chi connectivity index (χ1n) is 9.40. The van der Waals surface area contributed by atoms with Crippen LogP contribution in [0.2, 0.25) is 0 Å². The van der Waals surface area contributed by atoms with Crippen molar-refractivity contribution in [3.05, 3.63) is 48.0 Å². The van der Waals surface area contributed by atoms with Crippen molar-refractivity contribution in [3.63, 3.8) is 0 Å². The van der Waals surface area contributed by atoms with Gasteiger partial charge in [0.1, 0.15) is 18.1 Å². The van der Waals surface area contributed by atoms with E-state index < -0.39 is 0 Å². The van der Waals surface area contributed by atoms with Crippen molar-refractivity contribution in [2.24, 2.45) is 0 Å². The van der Waals surface area contributed by atoms with Gasteiger partial charge in [0.2, 0.25) is 0 Å². The van der Waals surface area contributed by atoms with Crippen LogP contribution in [-0.2, 0) is 4.74 Å². The molecule has 6 nitrogen and oxygen atoms in total. The first-order chi connectivity index (χ1) is 13.7. The van der Waals surface area contributed by atoms with Crippen molar-refractivity contribution in [1.82, 2.24) is 4.98 Å². The number of amides is 1. The molecule has 0 radical (unpaired) electrons. The molecule has 0 bridgehead atoms. The number of carbonyl (C=O) groups is 1. The lowest BCUT2D eigenvalue weighted by molar-refractivity contribution is 0.0679. The van der Waals surface area contributed by atoms with Gasteiger partial charge in [0, 0.05) is 12.2 Å². The molecule has 1 amide bonds. The molecule has 1 atom stereocenters. The van der Waals surface area contributed by atoms with Gasteiger partial charge in [0.05, 0.1) is 22.9 Å². The molecule has 1 fully saturated rings. The van der Waals surface area contributed by atoms with E-state index >= 15 is 0 Å². The Kier molecular flexibility index (Phi) is 5.73. The number of benzene rings is 2. The van der Waals surface area contributed by atoms with Gasteiger partial charge in [-0.1, -0.05) is 11.3 Å². The second-order valence-electron chi connectivity index (χ2n) is 6.51. The van der Waals surface area contributed by atoms with Crippen LogP contribution in [0.1, 0.15) is 30.1 Å². The van der Waals surface area contributed by atoms with Crippen LogP contribution in [0.25, 0.3) is 10.2 Å². The fraction of sp³-hybridized carbons (Fsp3) is 0.333. The third kappa shape index (κ3) is 4.43. The van der Waals surface area contributed by atoms with Crippen molar-refractivity contribution in [2.75, 3.05) is 25.1 Å². The molecule has 28 heavy (non-hydrogen) atoms. The Morgan fingerprint density at radius 1 is 1.21 bits per heavy atom. The quantitative estimate of drug-likeness (QED) is 0.634. The summed E-state index contributed by atoms with van der Waals surface area (Å²) >= 11 is 1.42. The average molecular weight is 398 g/mol. The minimum atomic E-state index is -0.199. The molecule has 0 unspecified atom stereocenters. The van der Waals surface area contributed by atoms with E-state index in [1.165, 1.54) is 11.3 Å². The van der Waals surface area contributed by atoms with Crippen LogP contribution in [0.3, 0.4) is 0 Å². The highest BCUT2D eigenvalue weighted by Gasteiger charge is 2.16. The Labute approximate surface area is 167 Å². The first-order valence-corrected chi connectivity index (χ1v) is 10.2. The van der Waals surface area contributed by atoms with Gasteiger partial charge in [-0.15, -0.1) is 0 Å². The van der Waals surface area contributed by atoms with Crippen molar-refractivity contribution in [3.8, 4) is 11.5 Å². The van der Waals surface area contributed by atoms with E-state index in [-0.39, 0.29) is 12.0 Å². The van der Waals surface area contributed by atoms with Crippen LogP contribution in [-0.4, -0.2) is 36.8 Å². The molecule has 2 aromatic carbocycles. The Balaban J connectivity index is 1.38. The van der Waals surface area contributed by atoms with Crippen LogP contribution in [0.5, 0.6) is 11.5 Å². The predicted molar refractivity (Wildman–Crippen MR) is 110 cm³/mol. The van der Waals surface area contributed by atoms with Gasteiger partial charge in [-0.3, -0.25) is 10.1 Å². The second-order valence-corrected chi connectivity index (χ2v) is 7.54. The summed E-state index contributed by atoms with van der Waals surface area (Å²) in [6, 6.07) is 12.8. The van der Waals surface area contributed by atoms with E-state index in [1.807, 2.05) is 25.1 Å². The number of hydrogen-bond acceptors (Lipinski definition) is 6. The Hall–Kier alpha value is -2.64. The molecular weight excluding hydrogens is 376 g/mol. The van der Waals surface area contributed by atoms with Crippen LogP contribution in [0, 0.1) is 0 Å². The monoisotopic (exact) mass is 398 g/mol. The summed E-state index contributed by atoms with van der Waals surface area (Å²) in [6.07, 6.45) is 2.30. The summed E-state index contributed by atoms with van der Waals surface area (Å²) in [5, 5.41) is 3.42. The van der Waals surface area contributed by atoms with Crippen molar-refractivity contribution < 1.29 is 19.0 Å². The molecule has 146 valence electrons. The topological polar surface area (TPSA) is 69.7 Å². The minimum absolute atomic E-state index is 0.172. The SMILES string of the molecule is CCOc1ccc2nc(NC(=O)c3ccc(OC[C@H]4CCCO4)cc3)sc2c1. The number of ether oxygens (including phenoxy) is 3. The Bertz CT molecular complexity index is 949. The number of nitrogens with one attached hydrogen (secondary N) is 1. The summed E-state index contributed by atoms with van der Waals surface area (Å²) in [7, 11) is 0. The maximum Gasteiger partial charge on any atom is 0.257 e. The number of anilines is 1. The largest absolute Gasteiger partial charge is 0.494 e. The van der Waals surface area contributed by atoms with Gasteiger partial charge in [-0.05, 0) is 62.2 Å². The van der Waals surface area contributed by atoms with E-state index in [1.54, 1.807) is 24.3 Å². The van der Waals surface area contributed by atoms with Gasteiger partial charge >= 0.3 is 0 Å². The van der Waals surface area contributed by atoms with E-state index in [0.717, 1.165) is 41.2 Å². The van der Waals surface area contributed by atoms with Crippen molar-refractivity contribution in [2.45, 2.75) is 25.9 Å². The minimum Gasteiger partial charge on any atom is -0.494 e. The second kappa shape index (κ2) is 8.58. The third-order valence-electron chi connectivity index (χ3n) is 4.47. The number of fused-ring (bicyclic) bond motifs is 1. The molecule has 0 spiro atoms. The van der Waals surface area contributed by atoms with Crippen molar-refractivity contribution in [1.29, 1.82) is 0 Å². The molecule has 2 heterocycles. The lowest BCUT2D eigenvalue weighted by Crippen LogP contribution is -2.16. The molecular formula is C21H22N2O4S. The van der Waals surface area contributed by atoms with E-state index in [0.29, 0.717) is 23.9 Å². The fourth-order valence-corrected chi connectivity index (χ4v) is 3.94. The predicted octanol–water partition coefficient (Wildman–Crippen LogP) is 4.51. The number of aromatic nitrogens is 1. The van der Waals surface area contributed by atoms with Gasteiger partial charge < -0.3 is 14.2 Å². The smallest absolute Gasteiger partial charge is 0.257 e. The number of carbonyl (C=O) groups excluding carboxylic acids is 1. The lowest BCUT2D eigenvalue weighted by atomic mass is 10.2. The molecule has 1 saturated heterocycles. The maximum absolute atomic E-state index is 12.5. The Morgan fingerprint density at radius 3 is 2.79 bits per heavy atom. The van der Waals surface area contributed by atoms with E-state index in [9.17, 15) is 4.79 Å². The summed E-state index contributed by atoms with van der Waals surface area (Å²) in [5.41, 5.74) is 1.39. The normalized spacial score (nSPS) is 16.2. The third-order valence-corrected chi connectivity index (χ3v) is 5.40. The number of hydrogen-bond donors (Lipinski definition) is 1. The number of rotatable bonds is 7. The molecule has 0 saturated carbocycles. The van der Waals surface area contributed by atoms with Gasteiger partial charge in [-0.25, -0.2) is 4.98 Å². The molecule has 1 N–H and O–H groups in total. The molecule has 1 aliphatic rings. The zero-order chi connectivity index (χ0) is 19.3. The molecule has 0 aliphatic carbocycles. The standard InChI is InChI=1S/C21H22N2O4S/c1-2-25-16-9-10-18-19(12-16)28-21(22-18)23-20(24)14-5-7-15(8-6-14)27-13-17-4-3-11-26-17/h5-10,12,17H,2-4,11,13H2,1H3,(H,22,23,24)/t17-/m1/s1. The van der Waals surface area contributed by atoms with Crippen LogP contribution < -0.4 is 14.8 Å². The van der Waals surface area contributed by atoms with Crippen LogP contribution >= 0.6 is 11.3 Å². The zero-order valence-electron chi connectivity index (χ0n) is 15.6. The van der Waals surface area contributed by atoms with E-state index in [2.05, 4.69) is 10.3 Å². The highest BCUT2D eigenvalue weighted by Crippen LogP contribution is 2.29. The van der Waals surface area contributed by atoms with Gasteiger partial charge in [0.25, 0.3) is 5.91 Å². The Morgan fingerprint density at radius 2 is 2.04 bits per heavy atom. The summed E-state index contributed by atoms with van der Waals surface area (Å²) in [5.74, 6) is 1.33. The average Bonchev–Trinajstić information content (AvgIpc) is 3.36. The number of nitrogens with zero attached hydrogens (tertiary/aromatic N) is 1. The fourth-order valence-electron chi connectivity index (χ4n) is 3.05. The lowest BCUT2D eigenvalue weighted by Gasteiger charge is -2.11. The highest BCUT2D eigenvalue weighted by molar-refractivity contribution is 7.22. The highest BCUT2D eigenvalue weighted by atomic mass is 32.1. The van der Waals surface area contributed by atoms with Crippen molar-refractivity contribution >= 4 is 32.6 Å². The molecule has 1 aliphatic heterocycles. The van der Waals surface area contributed by atoms with Gasteiger partial charge in [-0.2, -0.15) is 0 Å².